The fourth-order valence-corrected chi connectivity index (χ4v) is 3.55. The first-order valence-electron chi connectivity index (χ1n) is 8.52. The van der Waals surface area contributed by atoms with Crippen LogP contribution in [0.3, 0.4) is 0 Å². The Morgan fingerprint density at radius 3 is 2.54 bits per heavy atom. The third kappa shape index (κ3) is 3.69. The lowest BCUT2D eigenvalue weighted by Crippen LogP contribution is -2.38. The van der Waals surface area contributed by atoms with Gasteiger partial charge in [0.15, 0.2) is 0 Å². The summed E-state index contributed by atoms with van der Waals surface area (Å²) in [6.07, 6.45) is -2.09. The van der Waals surface area contributed by atoms with E-state index in [0.29, 0.717) is 17.3 Å². The molecule has 132 valence electrons. The van der Waals surface area contributed by atoms with Crippen molar-refractivity contribution in [1.82, 2.24) is 9.47 Å². The van der Waals surface area contributed by atoms with Crippen LogP contribution in [0.15, 0.2) is 24.3 Å². The van der Waals surface area contributed by atoms with Crippen molar-refractivity contribution in [3.63, 3.8) is 0 Å². The molecule has 1 aliphatic rings. The van der Waals surface area contributed by atoms with E-state index in [4.69, 9.17) is 0 Å². The number of halogens is 3. The zero-order valence-corrected chi connectivity index (χ0v) is 14.2. The summed E-state index contributed by atoms with van der Waals surface area (Å²) in [5.41, 5.74) is 2.21. The lowest BCUT2D eigenvalue weighted by atomic mass is 10.0. The van der Waals surface area contributed by atoms with Gasteiger partial charge in [-0.15, -0.1) is 0 Å². The Labute approximate surface area is 140 Å². The van der Waals surface area contributed by atoms with Crippen molar-refractivity contribution in [3.05, 3.63) is 30.0 Å². The zero-order chi connectivity index (χ0) is 17.3. The van der Waals surface area contributed by atoms with E-state index in [9.17, 15) is 13.2 Å². The van der Waals surface area contributed by atoms with E-state index in [-0.39, 0.29) is 0 Å². The highest BCUT2D eigenvalue weighted by Crippen LogP contribution is 2.31. The van der Waals surface area contributed by atoms with Crippen molar-refractivity contribution in [1.29, 1.82) is 0 Å². The number of nitrogens with zero attached hydrogens (tertiary/aromatic N) is 2. The summed E-state index contributed by atoms with van der Waals surface area (Å²) < 4.78 is 39.8. The summed E-state index contributed by atoms with van der Waals surface area (Å²) in [6, 6.07) is 7.79. The van der Waals surface area contributed by atoms with Gasteiger partial charge in [0.2, 0.25) is 0 Å². The Balaban J connectivity index is 1.83. The maximum absolute atomic E-state index is 12.8. The van der Waals surface area contributed by atoms with E-state index in [2.05, 4.69) is 17.1 Å². The summed E-state index contributed by atoms with van der Waals surface area (Å²) in [5.74, 6) is 0. The first-order chi connectivity index (χ1) is 11.4. The smallest absolute Gasteiger partial charge is 0.382 e. The minimum absolute atomic E-state index is 0.379. The molecule has 0 radical (unpaired) electrons. The molecule has 24 heavy (non-hydrogen) atoms. The van der Waals surface area contributed by atoms with Gasteiger partial charge in [0.05, 0.1) is 5.52 Å². The second kappa shape index (κ2) is 6.67. The van der Waals surface area contributed by atoms with Crippen LogP contribution in [0, 0.1) is 6.92 Å². The molecule has 1 saturated heterocycles. The third-order valence-electron chi connectivity index (χ3n) is 4.88. The number of alkyl halides is 3. The number of likely N-dealkylation sites (tertiary alicyclic amines) is 1. The Kier molecular flexibility index (Phi) is 4.76. The second-order valence-corrected chi connectivity index (χ2v) is 6.58. The topological polar surface area (TPSA) is 20.2 Å². The van der Waals surface area contributed by atoms with E-state index in [1.807, 2.05) is 18.2 Å². The van der Waals surface area contributed by atoms with E-state index in [1.54, 1.807) is 13.0 Å². The molecule has 2 aromatic rings. The Morgan fingerprint density at radius 1 is 1.21 bits per heavy atom. The predicted octanol–water partition coefficient (Wildman–Crippen LogP) is 4.41. The second-order valence-electron chi connectivity index (χ2n) is 6.58. The van der Waals surface area contributed by atoms with Gasteiger partial charge in [-0.1, -0.05) is 13.0 Å². The molecule has 3 nitrogen and oxygen atoms in total. The molecule has 1 aromatic heterocycles. The average molecular weight is 339 g/mol. The minimum Gasteiger partial charge on any atom is -0.382 e. The molecule has 0 aliphatic carbocycles. The highest BCUT2D eigenvalue weighted by atomic mass is 19.4. The van der Waals surface area contributed by atoms with E-state index >= 15 is 0 Å². The summed E-state index contributed by atoms with van der Waals surface area (Å²) in [6.45, 7) is 6.16. The van der Waals surface area contributed by atoms with Gasteiger partial charge < -0.3 is 14.8 Å². The van der Waals surface area contributed by atoms with Gasteiger partial charge in [-0.05, 0) is 44.5 Å². The van der Waals surface area contributed by atoms with Gasteiger partial charge in [0, 0.05) is 35.9 Å². The molecule has 2 heterocycles. The van der Waals surface area contributed by atoms with E-state index in [1.165, 1.54) is 4.57 Å². The van der Waals surface area contributed by atoms with Gasteiger partial charge >= 0.3 is 6.18 Å². The van der Waals surface area contributed by atoms with Gasteiger partial charge in [-0.25, -0.2) is 0 Å². The summed E-state index contributed by atoms with van der Waals surface area (Å²) >= 11 is 0. The van der Waals surface area contributed by atoms with Crippen molar-refractivity contribution in [3.8, 4) is 0 Å². The standard InChI is InChI=1S/C18H24F3N3/c1-3-23-9-7-14(8-10-23)22-16-5-4-6-17-15(16)11-13(2)24(17)12-18(19,20)21/h4-6,11,14,22H,3,7-10,12H2,1-2H3. The number of anilines is 1. The molecule has 0 spiro atoms. The number of aryl methyl sites for hydroxylation is 1. The Morgan fingerprint density at radius 2 is 1.92 bits per heavy atom. The maximum Gasteiger partial charge on any atom is 0.406 e. The summed E-state index contributed by atoms with van der Waals surface area (Å²) in [5, 5.41) is 4.42. The van der Waals surface area contributed by atoms with Crippen LogP contribution in [-0.4, -0.2) is 41.3 Å². The maximum atomic E-state index is 12.8. The molecule has 0 unspecified atom stereocenters. The van der Waals surface area contributed by atoms with Crippen LogP contribution in [0.25, 0.3) is 10.9 Å². The average Bonchev–Trinajstić information content (AvgIpc) is 2.84. The minimum atomic E-state index is -4.22. The molecule has 1 aliphatic heterocycles. The summed E-state index contributed by atoms with van der Waals surface area (Å²) in [4.78, 5) is 2.42. The van der Waals surface area contributed by atoms with Crippen LogP contribution in [-0.2, 0) is 6.54 Å². The lowest BCUT2D eigenvalue weighted by Gasteiger charge is -2.32. The molecular weight excluding hydrogens is 315 g/mol. The molecule has 3 rings (SSSR count). The summed E-state index contributed by atoms with van der Waals surface area (Å²) in [7, 11) is 0. The van der Waals surface area contributed by atoms with Gasteiger partial charge in [-0.3, -0.25) is 0 Å². The van der Waals surface area contributed by atoms with E-state index < -0.39 is 12.7 Å². The fourth-order valence-electron chi connectivity index (χ4n) is 3.55. The molecule has 1 N–H and O–H groups in total. The number of benzene rings is 1. The molecule has 0 saturated carbocycles. The van der Waals surface area contributed by atoms with Crippen molar-refractivity contribution < 1.29 is 13.2 Å². The first kappa shape index (κ1) is 17.1. The molecule has 0 amide bonds. The number of hydrogen-bond donors (Lipinski definition) is 1. The number of piperidine rings is 1. The van der Waals surface area contributed by atoms with Crippen molar-refractivity contribution in [2.24, 2.45) is 0 Å². The largest absolute Gasteiger partial charge is 0.406 e. The van der Waals surface area contributed by atoms with Crippen LogP contribution in [0.5, 0.6) is 0 Å². The van der Waals surface area contributed by atoms with Crippen molar-refractivity contribution in [2.45, 2.75) is 45.5 Å². The SMILES string of the molecule is CCN1CCC(Nc2cccc3c2cc(C)n3CC(F)(F)F)CC1. The quantitative estimate of drug-likeness (QED) is 0.890. The third-order valence-corrected chi connectivity index (χ3v) is 4.88. The number of hydrogen-bond acceptors (Lipinski definition) is 2. The van der Waals surface area contributed by atoms with Gasteiger partial charge in [-0.2, -0.15) is 13.2 Å². The fraction of sp³-hybridized carbons (Fsp3) is 0.556. The Bertz CT molecular complexity index is 697. The molecule has 1 fully saturated rings. The normalized spacial score (nSPS) is 17.5. The van der Waals surface area contributed by atoms with Gasteiger partial charge in [0.25, 0.3) is 0 Å². The molecule has 0 bridgehead atoms. The van der Waals surface area contributed by atoms with Crippen molar-refractivity contribution in [2.75, 3.05) is 25.0 Å². The lowest BCUT2D eigenvalue weighted by molar-refractivity contribution is -0.140. The predicted molar refractivity (Wildman–Crippen MR) is 91.5 cm³/mol. The van der Waals surface area contributed by atoms with E-state index in [0.717, 1.165) is 43.5 Å². The highest BCUT2D eigenvalue weighted by Gasteiger charge is 2.29. The van der Waals surface area contributed by atoms with Crippen LogP contribution in [0.2, 0.25) is 0 Å². The molecule has 6 heteroatoms. The molecule has 1 aromatic carbocycles. The number of nitrogens with one attached hydrogen (secondary N) is 1. The van der Waals surface area contributed by atoms with Gasteiger partial charge in [0.1, 0.15) is 6.54 Å². The molecular formula is C18H24F3N3. The Hall–Kier alpha value is -1.69. The molecule has 0 atom stereocenters. The zero-order valence-electron chi connectivity index (χ0n) is 14.2. The van der Waals surface area contributed by atoms with Crippen molar-refractivity contribution >= 4 is 16.6 Å². The number of fused-ring (bicyclic) bond motifs is 1. The number of aromatic nitrogens is 1. The van der Waals surface area contributed by atoms with Crippen LogP contribution >= 0.6 is 0 Å². The highest BCUT2D eigenvalue weighted by molar-refractivity contribution is 5.93. The van der Waals surface area contributed by atoms with Crippen LogP contribution < -0.4 is 5.32 Å². The van der Waals surface area contributed by atoms with Crippen LogP contribution in [0.4, 0.5) is 18.9 Å². The van der Waals surface area contributed by atoms with Crippen LogP contribution in [0.1, 0.15) is 25.5 Å². The number of rotatable bonds is 4. The first-order valence-corrected chi connectivity index (χ1v) is 8.52. The monoisotopic (exact) mass is 339 g/mol.